The zero-order valence-electron chi connectivity index (χ0n) is 10.9. The van der Waals surface area contributed by atoms with Crippen LogP contribution in [0.15, 0.2) is 24.3 Å². The van der Waals surface area contributed by atoms with Crippen LogP contribution in [0.25, 0.3) is 11.0 Å². The molecule has 1 aromatic carbocycles. The smallest absolute Gasteiger partial charge is 0.203 e. The van der Waals surface area contributed by atoms with Gasteiger partial charge in [-0.1, -0.05) is 12.1 Å². The fourth-order valence-electron chi connectivity index (χ4n) is 1.87. The van der Waals surface area contributed by atoms with E-state index >= 15 is 0 Å². The Hall–Kier alpha value is -1.59. The number of hydrogen-bond donors (Lipinski definition) is 2. The summed E-state index contributed by atoms with van der Waals surface area (Å²) in [5.74, 6) is 0.907. The number of methoxy groups -OCH3 is 1. The Bertz CT molecular complexity index is 495. The molecule has 0 radical (unpaired) electrons. The van der Waals surface area contributed by atoms with Crippen LogP contribution in [-0.2, 0) is 11.8 Å². The number of nitrogens with one attached hydrogen (secondary N) is 2. The van der Waals surface area contributed by atoms with Gasteiger partial charge >= 0.3 is 0 Å². The number of fused-ring (bicyclic) bond motifs is 1. The third-order valence-electron chi connectivity index (χ3n) is 2.85. The lowest BCUT2D eigenvalue weighted by Gasteiger charge is -2.07. The minimum atomic E-state index is 0.742. The van der Waals surface area contributed by atoms with Crippen molar-refractivity contribution in [3.8, 4) is 0 Å². The van der Waals surface area contributed by atoms with Crippen LogP contribution in [0.5, 0.6) is 0 Å². The number of aromatic nitrogens is 2. The fraction of sp³-hybridized carbons (Fsp3) is 0.462. The number of para-hydroxylation sites is 2. The summed E-state index contributed by atoms with van der Waals surface area (Å²) in [6.45, 7) is 3.36. The first-order valence-electron chi connectivity index (χ1n) is 6.18. The molecular formula is C13H20N4O. The lowest BCUT2D eigenvalue weighted by molar-refractivity contribution is 0.200. The molecule has 5 heteroatoms. The number of anilines is 1. The van der Waals surface area contributed by atoms with Gasteiger partial charge in [-0.15, -0.1) is 0 Å². The second-order valence-electron chi connectivity index (χ2n) is 4.15. The Morgan fingerprint density at radius 1 is 1.22 bits per heavy atom. The van der Waals surface area contributed by atoms with E-state index in [1.165, 1.54) is 0 Å². The molecule has 0 fully saturated rings. The maximum Gasteiger partial charge on any atom is 0.203 e. The molecule has 0 aliphatic heterocycles. The Morgan fingerprint density at radius 2 is 2.06 bits per heavy atom. The van der Waals surface area contributed by atoms with Gasteiger partial charge < -0.3 is 19.9 Å². The van der Waals surface area contributed by atoms with E-state index in [0.29, 0.717) is 0 Å². The summed E-state index contributed by atoms with van der Waals surface area (Å²) in [6.07, 6.45) is 0. The topological polar surface area (TPSA) is 51.1 Å². The number of nitrogens with zero attached hydrogens (tertiary/aromatic N) is 2. The third kappa shape index (κ3) is 3.00. The van der Waals surface area contributed by atoms with Crippen LogP contribution in [0.3, 0.4) is 0 Å². The van der Waals surface area contributed by atoms with E-state index in [2.05, 4.69) is 26.3 Å². The highest BCUT2D eigenvalue weighted by molar-refractivity contribution is 5.78. The fourth-order valence-corrected chi connectivity index (χ4v) is 1.87. The van der Waals surface area contributed by atoms with E-state index in [-0.39, 0.29) is 0 Å². The molecule has 0 atom stereocenters. The second kappa shape index (κ2) is 6.37. The summed E-state index contributed by atoms with van der Waals surface area (Å²) in [7, 11) is 3.73. The summed E-state index contributed by atoms with van der Waals surface area (Å²) >= 11 is 0. The summed E-state index contributed by atoms with van der Waals surface area (Å²) < 4.78 is 7.04. The molecule has 0 bridgehead atoms. The molecule has 0 saturated heterocycles. The molecule has 0 spiro atoms. The van der Waals surface area contributed by atoms with E-state index in [9.17, 15) is 0 Å². The standard InChI is InChI=1S/C13H20N4O/c1-17-12-6-4-3-5-11(12)16-13(17)15-8-7-14-9-10-18-2/h3-6,14H,7-10H2,1-2H3,(H,15,16). The SMILES string of the molecule is COCCNCCNc1nc2ccccc2n1C. The first-order valence-corrected chi connectivity index (χ1v) is 6.18. The molecule has 0 aliphatic rings. The molecule has 0 amide bonds. The maximum atomic E-state index is 4.97. The first kappa shape index (κ1) is 12.9. The van der Waals surface area contributed by atoms with Crippen molar-refractivity contribution in [1.82, 2.24) is 14.9 Å². The predicted molar refractivity (Wildman–Crippen MR) is 73.9 cm³/mol. The molecule has 2 aromatic rings. The highest BCUT2D eigenvalue weighted by atomic mass is 16.5. The monoisotopic (exact) mass is 248 g/mol. The molecule has 98 valence electrons. The van der Waals surface area contributed by atoms with Crippen molar-refractivity contribution in [2.75, 3.05) is 38.7 Å². The Kier molecular flexibility index (Phi) is 4.55. The van der Waals surface area contributed by atoms with Crippen LogP contribution in [0.2, 0.25) is 0 Å². The lowest BCUT2D eigenvalue weighted by Crippen LogP contribution is -2.26. The number of aryl methyl sites for hydroxylation is 1. The van der Waals surface area contributed by atoms with E-state index in [0.717, 1.165) is 43.2 Å². The molecule has 5 nitrogen and oxygen atoms in total. The summed E-state index contributed by atoms with van der Waals surface area (Å²) in [5, 5.41) is 6.61. The Labute approximate surface area is 107 Å². The summed E-state index contributed by atoms with van der Waals surface area (Å²) in [4.78, 5) is 4.55. The van der Waals surface area contributed by atoms with E-state index in [1.54, 1.807) is 7.11 Å². The van der Waals surface area contributed by atoms with Gasteiger partial charge in [0.15, 0.2) is 0 Å². The number of imidazole rings is 1. The highest BCUT2D eigenvalue weighted by Crippen LogP contribution is 2.16. The van der Waals surface area contributed by atoms with Gasteiger partial charge in [0.2, 0.25) is 5.95 Å². The largest absolute Gasteiger partial charge is 0.383 e. The van der Waals surface area contributed by atoms with Crippen LogP contribution in [0.1, 0.15) is 0 Å². The number of ether oxygens (including phenoxy) is 1. The number of rotatable bonds is 7. The highest BCUT2D eigenvalue weighted by Gasteiger charge is 2.05. The molecule has 0 aliphatic carbocycles. The lowest BCUT2D eigenvalue weighted by atomic mass is 10.3. The van der Waals surface area contributed by atoms with Crippen molar-refractivity contribution in [1.29, 1.82) is 0 Å². The van der Waals surface area contributed by atoms with Gasteiger partial charge in [-0.2, -0.15) is 0 Å². The maximum absolute atomic E-state index is 4.97. The minimum Gasteiger partial charge on any atom is -0.383 e. The van der Waals surface area contributed by atoms with Crippen LogP contribution in [0, 0.1) is 0 Å². The number of hydrogen-bond acceptors (Lipinski definition) is 4. The molecule has 0 unspecified atom stereocenters. The van der Waals surface area contributed by atoms with E-state index in [4.69, 9.17) is 4.74 Å². The average Bonchev–Trinajstić information content (AvgIpc) is 2.71. The average molecular weight is 248 g/mol. The summed E-state index contributed by atoms with van der Waals surface area (Å²) in [5.41, 5.74) is 2.17. The third-order valence-corrected chi connectivity index (χ3v) is 2.85. The van der Waals surface area contributed by atoms with Gasteiger partial charge in [-0.25, -0.2) is 4.98 Å². The molecule has 0 saturated carbocycles. The van der Waals surface area contributed by atoms with Crippen molar-refractivity contribution >= 4 is 17.0 Å². The van der Waals surface area contributed by atoms with Crippen molar-refractivity contribution in [2.45, 2.75) is 0 Å². The van der Waals surface area contributed by atoms with Crippen LogP contribution in [-0.4, -0.2) is 42.9 Å². The van der Waals surface area contributed by atoms with Crippen LogP contribution in [0.4, 0.5) is 5.95 Å². The molecule has 1 aromatic heterocycles. The molecule has 2 rings (SSSR count). The van der Waals surface area contributed by atoms with Crippen molar-refractivity contribution in [3.63, 3.8) is 0 Å². The molecule has 2 N–H and O–H groups in total. The Morgan fingerprint density at radius 3 is 2.83 bits per heavy atom. The van der Waals surface area contributed by atoms with Crippen molar-refractivity contribution in [2.24, 2.45) is 7.05 Å². The van der Waals surface area contributed by atoms with E-state index < -0.39 is 0 Å². The first-order chi connectivity index (χ1) is 8.83. The quantitative estimate of drug-likeness (QED) is 0.723. The zero-order valence-corrected chi connectivity index (χ0v) is 10.9. The molecule has 18 heavy (non-hydrogen) atoms. The summed E-state index contributed by atoms with van der Waals surface area (Å²) in [6, 6.07) is 8.13. The van der Waals surface area contributed by atoms with Gasteiger partial charge in [0.05, 0.1) is 17.6 Å². The molecule has 1 heterocycles. The van der Waals surface area contributed by atoms with Crippen molar-refractivity contribution < 1.29 is 4.74 Å². The van der Waals surface area contributed by atoms with Crippen LogP contribution >= 0.6 is 0 Å². The van der Waals surface area contributed by atoms with Gasteiger partial charge in [-0.3, -0.25) is 0 Å². The van der Waals surface area contributed by atoms with Gasteiger partial charge in [0, 0.05) is 33.8 Å². The zero-order chi connectivity index (χ0) is 12.8. The Balaban J connectivity index is 1.86. The number of benzene rings is 1. The minimum absolute atomic E-state index is 0.742. The van der Waals surface area contributed by atoms with Crippen molar-refractivity contribution in [3.05, 3.63) is 24.3 Å². The van der Waals surface area contributed by atoms with Gasteiger partial charge in [-0.05, 0) is 12.1 Å². The molecular weight excluding hydrogens is 228 g/mol. The van der Waals surface area contributed by atoms with Gasteiger partial charge in [0.1, 0.15) is 0 Å². The van der Waals surface area contributed by atoms with Gasteiger partial charge in [0.25, 0.3) is 0 Å². The van der Waals surface area contributed by atoms with Crippen LogP contribution < -0.4 is 10.6 Å². The second-order valence-corrected chi connectivity index (χ2v) is 4.15. The van der Waals surface area contributed by atoms with E-state index in [1.807, 2.05) is 25.2 Å². The normalized spacial score (nSPS) is 11.0. The predicted octanol–water partition coefficient (Wildman–Crippen LogP) is 1.22.